The van der Waals surface area contributed by atoms with E-state index in [2.05, 4.69) is 10.3 Å². The van der Waals surface area contributed by atoms with Gasteiger partial charge < -0.3 is 15.0 Å². The average Bonchev–Trinajstić information content (AvgIpc) is 2.92. The Kier molecular flexibility index (Phi) is 5.46. The summed E-state index contributed by atoms with van der Waals surface area (Å²) in [5.41, 5.74) is -0.142. The molecule has 0 spiro atoms. The number of carbonyl (C=O) groups is 2. The van der Waals surface area contributed by atoms with Crippen LogP contribution in [0.1, 0.15) is 37.6 Å². The van der Waals surface area contributed by atoms with E-state index < -0.39 is 5.60 Å². The molecule has 1 N–H and O–H groups in total. The minimum atomic E-state index is -0.500. The number of ether oxygens (including phenoxy) is 1. The molecule has 0 aromatic carbocycles. The highest BCUT2D eigenvalue weighted by molar-refractivity contribution is 6.32. The van der Waals surface area contributed by atoms with Gasteiger partial charge in [-0.1, -0.05) is 11.6 Å². The Morgan fingerprint density at radius 3 is 2.87 bits per heavy atom. The van der Waals surface area contributed by atoms with Gasteiger partial charge in [-0.25, -0.2) is 9.78 Å². The van der Waals surface area contributed by atoms with Crippen LogP contribution in [0.15, 0.2) is 18.3 Å². The second-order valence-corrected chi connectivity index (χ2v) is 6.99. The summed E-state index contributed by atoms with van der Waals surface area (Å²) in [6.07, 6.45) is 2.07. The zero-order valence-electron chi connectivity index (χ0n) is 13.6. The molecule has 0 bridgehead atoms. The molecule has 1 atom stereocenters. The van der Waals surface area contributed by atoms with Crippen molar-refractivity contribution in [2.24, 2.45) is 5.92 Å². The maximum absolute atomic E-state index is 12.1. The Balaban J connectivity index is 1.81. The first kappa shape index (κ1) is 17.5. The number of pyridine rings is 1. The van der Waals surface area contributed by atoms with Crippen LogP contribution in [0, 0.1) is 5.92 Å². The van der Waals surface area contributed by atoms with E-state index >= 15 is 0 Å². The molecular weight excluding hydrogens is 318 g/mol. The molecule has 23 heavy (non-hydrogen) atoms. The van der Waals surface area contributed by atoms with Gasteiger partial charge in [-0.15, -0.1) is 0 Å². The minimum Gasteiger partial charge on any atom is -0.444 e. The molecule has 1 saturated heterocycles. The number of hydrogen-bond donors (Lipinski definition) is 1. The van der Waals surface area contributed by atoms with Gasteiger partial charge in [0.1, 0.15) is 10.8 Å². The topological polar surface area (TPSA) is 71.5 Å². The molecule has 6 nitrogen and oxygen atoms in total. The Labute approximate surface area is 141 Å². The molecule has 1 fully saturated rings. The van der Waals surface area contributed by atoms with Crippen LogP contribution in [0.25, 0.3) is 0 Å². The van der Waals surface area contributed by atoms with E-state index in [-0.39, 0.29) is 23.1 Å². The van der Waals surface area contributed by atoms with Crippen molar-refractivity contribution < 1.29 is 14.3 Å². The monoisotopic (exact) mass is 339 g/mol. The fraction of sp³-hybridized carbons (Fsp3) is 0.562. The van der Waals surface area contributed by atoms with Gasteiger partial charge in [-0.3, -0.25) is 4.79 Å². The van der Waals surface area contributed by atoms with Crippen molar-refractivity contribution in [3.8, 4) is 0 Å². The van der Waals surface area contributed by atoms with Gasteiger partial charge in [0.2, 0.25) is 0 Å². The van der Waals surface area contributed by atoms with E-state index in [1.807, 2.05) is 20.8 Å². The zero-order valence-corrected chi connectivity index (χ0v) is 14.4. The lowest BCUT2D eigenvalue weighted by Crippen LogP contribution is -2.36. The molecule has 0 aliphatic carbocycles. The Morgan fingerprint density at radius 2 is 2.22 bits per heavy atom. The lowest BCUT2D eigenvalue weighted by atomic mass is 10.1. The number of likely N-dealkylation sites (tertiary alicyclic amines) is 1. The van der Waals surface area contributed by atoms with E-state index in [0.29, 0.717) is 25.2 Å². The predicted octanol–water partition coefficient (Wildman–Crippen LogP) is 2.72. The number of halogens is 1. The molecule has 0 saturated carbocycles. The SMILES string of the molecule is CC(C)(C)OC(=O)N1CC[C@@H](CNC(=O)c2cccnc2Cl)C1. The van der Waals surface area contributed by atoms with Gasteiger partial charge in [0.15, 0.2) is 0 Å². The third kappa shape index (κ3) is 5.10. The number of nitrogens with one attached hydrogen (secondary N) is 1. The summed E-state index contributed by atoms with van der Waals surface area (Å²) in [5.74, 6) is -0.0410. The first-order valence-electron chi connectivity index (χ1n) is 7.63. The van der Waals surface area contributed by atoms with Crippen LogP contribution in [-0.2, 0) is 4.74 Å². The van der Waals surface area contributed by atoms with Crippen molar-refractivity contribution in [1.82, 2.24) is 15.2 Å². The van der Waals surface area contributed by atoms with Crippen LogP contribution in [0.4, 0.5) is 4.79 Å². The third-order valence-corrected chi connectivity index (χ3v) is 3.79. The van der Waals surface area contributed by atoms with Crippen molar-refractivity contribution in [3.63, 3.8) is 0 Å². The van der Waals surface area contributed by atoms with E-state index in [1.54, 1.807) is 17.0 Å². The van der Waals surface area contributed by atoms with Gasteiger partial charge in [-0.2, -0.15) is 0 Å². The van der Waals surface area contributed by atoms with Gasteiger partial charge in [-0.05, 0) is 45.2 Å². The molecule has 0 unspecified atom stereocenters. The standard InChI is InChI=1S/C16H22ClN3O3/c1-16(2,3)23-15(22)20-8-6-11(10-20)9-19-14(21)12-5-4-7-18-13(12)17/h4-5,7,11H,6,8-10H2,1-3H3,(H,19,21)/t11-/m0/s1. The number of amides is 2. The zero-order chi connectivity index (χ0) is 17.0. The molecule has 0 radical (unpaired) electrons. The van der Waals surface area contributed by atoms with Crippen LogP contribution in [0.5, 0.6) is 0 Å². The van der Waals surface area contributed by atoms with E-state index in [0.717, 1.165) is 6.42 Å². The first-order chi connectivity index (χ1) is 10.8. The molecule has 2 amide bonds. The minimum absolute atomic E-state index is 0.187. The fourth-order valence-electron chi connectivity index (χ4n) is 2.38. The summed E-state index contributed by atoms with van der Waals surface area (Å²) in [6.45, 7) is 7.24. The highest BCUT2D eigenvalue weighted by Crippen LogP contribution is 2.19. The van der Waals surface area contributed by atoms with Crippen LogP contribution >= 0.6 is 11.6 Å². The van der Waals surface area contributed by atoms with Crippen molar-refractivity contribution in [1.29, 1.82) is 0 Å². The second-order valence-electron chi connectivity index (χ2n) is 6.63. The molecule has 7 heteroatoms. The number of carbonyl (C=O) groups excluding carboxylic acids is 2. The Morgan fingerprint density at radius 1 is 1.48 bits per heavy atom. The Bertz CT molecular complexity index is 586. The number of rotatable bonds is 3. The summed E-state index contributed by atoms with van der Waals surface area (Å²) < 4.78 is 5.35. The number of hydrogen-bond acceptors (Lipinski definition) is 4. The van der Waals surface area contributed by atoms with E-state index in [1.165, 1.54) is 6.20 Å². The van der Waals surface area contributed by atoms with Crippen molar-refractivity contribution >= 4 is 23.6 Å². The maximum Gasteiger partial charge on any atom is 0.410 e. The largest absolute Gasteiger partial charge is 0.444 e. The fourth-order valence-corrected chi connectivity index (χ4v) is 2.58. The second kappa shape index (κ2) is 7.17. The maximum atomic E-state index is 12.1. The summed E-state index contributed by atoms with van der Waals surface area (Å²) >= 11 is 5.90. The van der Waals surface area contributed by atoms with Crippen LogP contribution < -0.4 is 5.32 Å². The number of aromatic nitrogens is 1. The Hall–Kier alpha value is -1.82. The quantitative estimate of drug-likeness (QED) is 0.859. The molecule has 1 aliphatic heterocycles. The molecule has 2 rings (SSSR count). The molecular formula is C16H22ClN3O3. The van der Waals surface area contributed by atoms with E-state index in [4.69, 9.17) is 16.3 Å². The van der Waals surface area contributed by atoms with Gasteiger partial charge in [0, 0.05) is 25.8 Å². The first-order valence-corrected chi connectivity index (χ1v) is 8.00. The van der Waals surface area contributed by atoms with E-state index in [9.17, 15) is 9.59 Å². The lowest BCUT2D eigenvalue weighted by molar-refractivity contribution is 0.0288. The molecule has 2 heterocycles. The molecule has 126 valence electrons. The highest BCUT2D eigenvalue weighted by Gasteiger charge is 2.30. The van der Waals surface area contributed by atoms with Crippen LogP contribution in [0.3, 0.4) is 0 Å². The molecule has 1 aliphatic rings. The van der Waals surface area contributed by atoms with Gasteiger partial charge >= 0.3 is 6.09 Å². The average molecular weight is 340 g/mol. The number of nitrogens with zero attached hydrogens (tertiary/aromatic N) is 2. The van der Waals surface area contributed by atoms with Gasteiger partial charge in [0.05, 0.1) is 5.56 Å². The van der Waals surface area contributed by atoms with Crippen molar-refractivity contribution in [3.05, 3.63) is 29.0 Å². The molecule has 1 aromatic rings. The van der Waals surface area contributed by atoms with Crippen molar-refractivity contribution in [2.45, 2.75) is 32.8 Å². The highest BCUT2D eigenvalue weighted by atomic mass is 35.5. The van der Waals surface area contributed by atoms with Crippen molar-refractivity contribution in [2.75, 3.05) is 19.6 Å². The summed E-state index contributed by atoms with van der Waals surface area (Å²) in [7, 11) is 0. The predicted molar refractivity (Wildman–Crippen MR) is 87.5 cm³/mol. The van der Waals surface area contributed by atoms with Crippen LogP contribution in [-0.4, -0.2) is 47.1 Å². The lowest BCUT2D eigenvalue weighted by Gasteiger charge is -2.24. The summed E-state index contributed by atoms with van der Waals surface area (Å²) in [5, 5.41) is 3.03. The van der Waals surface area contributed by atoms with Gasteiger partial charge in [0.25, 0.3) is 5.91 Å². The third-order valence-electron chi connectivity index (χ3n) is 3.49. The molecule has 1 aromatic heterocycles. The summed E-state index contributed by atoms with van der Waals surface area (Å²) in [4.78, 5) is 29.7. The summed E-state index contributed by atoms with van der Waals surface area (Å²) in [6, 6.07) is 3.30. The normalized spacial score (nSPS) is 17.9. The smallest absolute Gasteiger partial charge is 0.410 e. The van der Waals surface area contributed by atoms with Crippen LogP contribution in [0.2, 0.25) is 5.15 Å².